The van der Waals surface area contributed by atoms with Gasteiger partial charge >= 0.3 is 5.97 Å². The van der Waals surface area contributed by atoms with Gasteiger partial charge in [-0.1, -0.05) is 12.1 Å². The van der Waals surface area contributed by atoms with Crippen molar-refractivity contribution in [2.75, 3.05) is 0 Å². The molecular formula is C13H14N2O3. The monoisotopic (exact) mass is 246 g/mol. The van der Waals surface area contributed by atoms with E-state index in [2.05, 4.69) is 4.98 Å². The van der Waals surface area contributed by atoms with Gasteiger partial charge in [-0.2, -0.15) is 0 Å². The molecule has 0 aliphatic carbocycles. The minimum Gasteiger partial charge on any atom is -0.462 e. The van der Waals surface area contributed by atoms with Gasteiger partial charge in [-0.3, -0.25) is 14.2 Å². The number of rotatable bonds is 3. The second-order valence-electron chi connectivity index (χ2n) is 4.21. The van der Waals surface area contributed by atoms with E-state index >= 15 is 0 Å². The Morgan fingerprint density at radius 2 is 2.11 bits per heavy atom. The van der Waals surface area contributed by atoms with Gasteiger partial charge in [-0.05, 0) is 26.0 Å². The first-order chi connectivity index (χ1) is 8.58. The summed E-state index contributed by atoms with van der Waals surface area (Å²) in [5.41, 5.74) is 0.995. The highest BCUT2D eigenvalue weighted by Gasteiger charge is 2.10. The minimum absolute atomic E-state index is 0.0972. The summed E-state index contributed by atoms with van der Waals surface area (Å²) in [7, 11) is 0. The third-order valence-electron chi connectivity index (χ3n) is 2.41. The van der Waals surface area contributed by atoms with Crippen LogP contribution in [-0.4, -0.2) is 21.6 Å². The number of ether oxygens (including phenoxy) is 1. The molecule has 2 rings (SSSR count). The SMILES string of the molecule is CC(C)OC(=O)Cn1c(=O)cnc2ccccc21. The molecule has 2 aromatic rings. The molecule has 0 bridgehead atoms. The second-order valence-corrected chi connectivity index (χ2v) is 4.21. The van der Waals surface area contributed by atoms with E-state index in [-0.39, 0.29) is 18.2 Å². The summed E-state index contributed by atoms with van der Waals surface area (Å²) in [6.07, 6.45) is 1.02. The molecule has 94 valence electrons. The van der Waals surface area contributed by atoms with Crippen LogP contribution in [0, 0.1) is 0 Å². The van der Waals surface area contributed by atoms with E-state index in [1.165, 1.54) is 10.8 Å². The predicted octanol–water partition coefficient (Wildman–Crippen LogP) is 1.35. The van der Waals surface area contributed by atoms with Crippen molar-refractivity contribution in [3.8, 4) is 0 Å². The Hall–Kier alpha value is -2.17. The Kier molecular flexibility index (Phi) is 3.41. The molecule has 0 unspecified atom stereocenters. The number of hydrogen-bond donors (Lipinski definition) is 0. The van der Waals surface area contributed by atoms with Crippen LogP contribution < -0.4 is 5.56 Å². The molecule has 0 saturated heterocycles. The lowest BCUT2D eigenvalue weighted by Crippen LogP contribution is -2.26. The molecular weight excluding hydrogens is 232 g/mol. The van der Waals surface area contributed by atoms with E-state index in [0.717, 1.165) is 0 Å². The number of aromatic nitrogens is 2. The Balaban J connectivity index is 2.41. The summed E-state index contributed by atoms with van der Waals surface area (Å²) in [5, 5.41) is 0. The molecule has 1 aromatic heterocycles. The normalized spacial score (nSPS) is 10.8. The number of esters is 1. The molecule has 0 N–H and O–H groups in total. The average Bonchev–Trinajstić information content (AvgIpc) is 2.32. The first-order valence-electron chi connectivity index (χ1n) is 5.72. The van der Waals surface area contributed by atoms with Gasteiger partial charge in [0.2, 0.25) is 0 Å². The summed E-state index contributed by atoms with van der Waals surface area (Å²) in [6, 6.07) is 7.18. The highest BCUT2D eigenvalue weighted by molar-refractivity contribution is 5.77. The van der Waals surface area contributed by atoms with Gasteiger partial charge < -0.3 is 4.74 Å². The third kappa shape index (κ3) is 2.56. The molecule has 1 aromatic carbocycles. The van der Waals surface area contributed by atoms with Crippen LogP contribution in [0.2, 0.25) is 0 Å². The average molecular weight is 246 g/mol. The van der Waals surface area contributed by atoms with Crippen molar-refractivity contribution in [3.05, 3.63) is 40.8 Å². The molecule has 0 aliphatic heterocycles. The number of benzene rings is 1. The first kappa shape index (κ1) is 12.3. The maximum absolute atomic E-state index is 11.7. The van der Waals surface area contributed by atoms with Crippen LogP contribution in [0.3, 0.4) is 0 Å². The highest BCUT2D eigenvalue weighted by atomic mass is 16.5. The lowest BCUT2D eigenvalue weighted by molar-refractivity contribution is -0.148. The highest BCUT2D eigenvalue weighted by Crippen LogP contribution is 2.08. The van der Waals surface area contributed by atoms with Crippen LogP contribution in [0.1, 0.15) is 13.8 Å². The molecule has 5 heteroatoms. The van der Waals surface area contributed by atoms with Crippen molar-refractivity contribution >= 4 is 17.0 Å². The summed E-state index contributed by atoms with van der Waals surface area (Å²) in [5.74, 6) is -0.427. The van der Waals surface area contributed by atoms with Crippen LogP contribution in [0.25, 0.3) is 11.0 Å². The van der Waals surface area contributed by atoms with Gasteiger partial charge in [0.05, 0.1) is 23.3 Å². The summed E-state index contributed by atoms with van der Waals surface area (Å²) < 4.78 is 6.41. The number of carbonyl (C=O) groups is 1. The van der Waals surface area contributed by atoms with Crippen LogP contribution in [0.4, 0.5) is 0 Å². The quantitative estimate of drug-likeness (QED) is 0.767. The van der Waals surface area contributed by atoms with Crippen molar-refractivity contribution in [2.24, 2.45) is 0 Å². The van der Waals surface area contributed by atoms with Crippen LogP contribution in [-0.2, 0) is 16.1 Å². The number of hydrogen-bond acceptors (Lipinski definition) is 4. The Labute approximate surface area is 104 Å². The first-order valence-corrected chi connectivity index (χ1v) is 5.72. The van der Waals surface area contributed by atoms with Crippen molar-refractivity contribution in [3.63, 3.8) is 0 Å². The molecule has 1 heterocycles. The van der Waals surface area contributed by atoms with Gasteiger partial charge in [-0.25, -0.2) is 4.98 Å². The third-order valence-corrected chi connectivity index (χ3v) is 2.41. The summed E-state index contributed by atoms with van der Waals surface area (Å²) >= 11 is 0. The molecule has 0 fully saturated rings. The number of fused-ring (bicyclic) bond motifs is 1. The fourth-order valence-corrected chi connectivity index (χ4v) is 1.71. The van der Waals surface area contributed by atoms with Crippen molar-refractivity contribution in [1.29, 1.82) is 0 Å². The zero-order chi connectivity index (χ0) is 13.1. The summed E-state index contributed by atoms with van der Waals surface area (Å²) in [6.45, 7) is 3.44. The molecule has 0 amide bonds. The zero-order valence-corrected chi connectivity index (χ0v) is 10.3. The van der Waals surface area contributed by atoms with Gasteiger partial charge in [0.25, 0.3) is 5.56 Å². The molecule has 5 nitrogen and oxygen atoms in total. The Morgan fingerprint density at radius 1 is 1.39 bits per heavy atom. The maximum atomic E-state index is 11.7. The topological polar surface area (TPSA) is 61.2 Å². The van der Waals surface area contributed by atoms with Crippen molar-refractivity contribution < 1.29 is 9.53 Å². The number of carbonyl (C=O) groups excluding carboxylic acids is 1. The van der Waals surface area contributed by atoms with E-state index in [0.29, 0.717) is 11.0 Å². The van der Waals surface area contributed by atoms with Crippen LogP contribution in [0.15, 0.2) is 35.3 Å². The Morgan fingerprint density at radius 3 is 2.83 bits per heavy atom. The molecule has 0 atom stereocenters. The minimum atomic E-state index is -0.427. The number of nitrogens with zero attached hydrogens (tertiary/aromatic N) is 2. The maximum Gasteiger partial charge on any atom is 0.326 e. The van der Waals surface area contributed by atoms with Gasteiger partial charge in [0.15, 0.2) is 0 Å². The second kappa shape index (κ2) is 5.00. The van der Waals surface area contributed by atoms with Crippen molar-refractivity contribution in [1.82, 2.24) is 9.55 Å². The van der Waals surface area contributed by atoms with E-state index in [4.69, 9.17) is 4.74 Å². The largest absolute Gasteiger partial charge is 0.462 e. The lowest BCUT2D eigenvalue weighted by atomic mass is 10.3. The van der Waals surface area contributed by atoms with Gasteiger partial charge in [-0.15, -0.1) is 0 Å². The van der Waals surface area contributed by atoms with E-state index in [1.54, 1.807) is 32.0 Å². The van der Waals surface area contributed by atoms with E-state index in [9.17, 15) is 9.59 Å². The van der Waals surface area contributed by atoms with Crippen molar-refractivity contribution in [2.45, 2.75) is 26.5 Å². The van der Waals surface area contributed by atoms with E-state index < -0.39 is 5.97 Å². The Bertz CT molecular complexity index is 631. The number of para-hydroxylation sites is 2. The lowest BCUT2D eigenvalue weighted by Gasteiger charge is -2.11. The molecule has 0 aliphatic rings. The predicted molar refractivity (Wildman–Crippen MR) is 67.2 cm³/mol. The fraction of sp³-hybridized carbons (Fsp3) is 0.308. The van der Waals surface area contributed by atoms with Crippen LogP contribution in [0.5, 0.6) is 0 Å². The zero-order valence-electron chi connectivity index (χ0n) is 10.3. The smallest absolute Gasteiger partial charge is 0.326 e. The van der Waals surface area contributed by atoms with Gasteiger partial charge in [0, 0.05) is 0 Å². The fourth-order valence-electron chi connectivity index (χ4n) is 1.71. The standard InChI is InChI=1S/C13H14N2O3/c1-9(2)18-13(17)8-15-11-6-4-3-5-10(11)14-7-12(15)16/h3-7,9H,8H2,1-2H3. The molecule has 0 radical (unpaired) electrons. The van der Waals surface area contributed by atoms with Crippen LogP contribution >= 0.6 is 0 Å². The molecule has 18 heavy (non-hydrogen) atoms. The van der Waals surface area contributed by atoms with E-state index in [1.807, 2.05) is 6.07 Å². The summed E-state index contributed by atoms with van der Waals surface area (Å²) in [4.78, 5) is 27.4. The molecule has 0 saturated carbocycles. The molecule has 0 spiro atoms. The van der Waals surface area contributed by atoms with Gasteiger partial charge in [0.1, 0.15) is 6.54 Å².